The topological polar surface area (TPSA) is 55.1 Å². The molecule has 0 aliphatic carbocycles. The van der Waals surface area contributed by atoms with Crippen molar-refractivity contribution >= 4 is 28.9 Å². The van der Waals surface area contributed by atoms with Crippen molar-refractivity contribution < 1.29 is 18.0 Å². The Morgan fingerprint density at radius 3 is 2.45 bits per heavy atom. The maximum atomic E-state index is 13.7. The lowest BCUT2D eigenvalue weighted by Gasteiger charge is -2.09. The van der Waals surface area contributed by atoms with Gasteiger partial charge in [-0.3, -0.25) is 4.79 Å². The van der Waals surface area contributed by atoms with Crippen molar-refractivity contribution in [2.75, 3.05) is 11.1 Å². The van der Waals surface area contributed by atoms with Gasteiger partial charge in [0.15, 0.2) is 5.82 Å². The highest BCUT2D eigenvalue weighted by Crippen LogP contribution is 2.24. The van der Waals surface area contributed by atoms with E-state index in [1.807, 2.05) is 0 Å². The third-order valence-corrected chi connectivity index (χ3v) is 2.80. The molecule has 0 saturated heterocycles. The summed E-state index contributed by atoms with van der Waals surface area (Å²) in [5.74, 6) is -3.42. The van der Waals surface area contributed by atoms with E-state index in [0.29, 0.717) is 6.07 Å². The summed E-state index contributed by atoms with van der Waals surface area (Å²) in [4.78, 5) is 11.9. The molecule has 20 heavy (non-hydrogen) atoms. The SMILES string of the molecule is Nc1cc(F)cc(C(=O)Nc2ccc(F)cc2Cl)c1F. The van der Waals surface area contributed by atoms with Gasteiger partial charge in [-0.15, -0.1) is 0 Å². The largest absolute Gasteiger partial charge is 0.396 e. The van der Waals surface area contributed by atoms with Crippen LogP contribution in [0.2, 0.25) is 5.02 Å². The molecule has 104 valence electrons. The van der Waals surface area contributed by atoms with Crippen LogP contribution in [0.5, 0.6) is 0 Å². The number of hydrogen-bond donors (Lipinski definition) is 2. The minimum absolute atomic E-state index is 0.0665. The van der Waals surface area contributed by atoms with Gasteiger partial charge in [0.2, 0.25) is 0 Å². The van der Waals surface area contributed by atoms with Crippen molar-refractivity contribution in [3.8, 4) is 0 Å². The first-order valence-electron chi connectivity index (χ1n) is 5.39. The fraction of sp³-hybridized carbons (Fsp3) is 0. The van der Waals surface area contributed by atoms with E-state index in [2.05, 4.69) is 5.32 Å². The molecule has 3 N–H and O–H groups in total. The monoisotopic (exact) mass is 300 g/mol. The van der Waals surface area contributed by atoms with Crippen LogP contribution >= 0.6 is 11.6 Å². The van der Waals surface area contributed by atoms with Crippen molar-refractivity contribution in [1.82, 2.24) is 0 Å². The molecule has 2 aromatic carbocycles. The van der Waals surface area contributed by atoms with E-state index in [-0.39, 0.29) is 10.7 Å². The van der Waals surface area contributed by atoms with Crippen LogP contribution in [0.4, 0.5) is 24.5 Å². The average molecular weight is 301 g/mol. The second-order valence-electron chi connectivity index (χ2n) is 3.93. The Bertz CT molecular complexity index is 692. The zero-order valence-corrected chi connectivity index (χ0v) is 10.6. The number of nitrogen functional groups attached to an aromatic ring is 1. The highest BCUT2D eigenvalue weighted by atomic mass is 35.5. The number of nitrogens with two attached hydrogens (primary N) is 1. The van der Waals surface area contributed by atoms with Crippen molar-refractivity contribution in [1.29, 1.82) is 0 Å². The molecule has 7 heteroatoms. The van der Waals surface area contributed by atoms with Crippen LogP contribution < -0.4 is 11.1 Å². The Morgan fingerprint density at radius 2 is 1.80 bits per heavy atom. The summed E-state index contributed by atoms with van der Waals surface area (Å²) < 4.78 is 39.6. The summed E-state index contributed by atoms with van der Waals surface area (Å²) in [6.07, 6.45) is 0. The van der Waals surface area contributed by atoms with E-state index < -0.39 is 34.6 Å². The molecule has 0 spiro atoms. The van der Waals surface area contributed by atoms with Crippen LogP contribution in [0.25, 0.3) is 0 Å². The fourth-order valence-corrected chi connectivity index (χ4v) is 1.77. The number of rotatable bonds is 2. The predicted octanol–water partition coefficient (Wildman–Crippen LogP) is 3.59. The summed E-state index contributed by atoms with van der Waals surface area (Å²) in [5.41, 5.74) is 4.25. The summed E-state index contributed by atoms with van der Waals surface area (Å²) in [5, 5.41) is 2.18. The molecule has 0 saturated carbocycles. The number of amides is 1. The van der Waals surface area contributed by atoms with Gasteiger partial charge < -0.3 is 11.1 Å². The average Bonchev–Trinajstić information content (AvgIpc) is 2.37. The Kier molecular flexibility index (Phi) is 3.85. The first-order chi connectivity index (χ1) is 9.38. The minimum Gasteiger partial charge on any atom is -0.396 e. The zero-order chi connectivity index (χ0) is 14.9. The van der Waals surface area contributed by atoms with E-state index in [1.165, 1.54) is 6.07 Å². The van der Waals surface area contributed by atoms with E-state index in [0.717, 1.165) is 18.2 Å². The maximum Gasteiger partial charge on any atom is 0.258 e. The second kappa shape index (κ2) is 5.42. The fourth-order valence-electron chi connectivity index (χ4n) is 1.56. The van der Waals surface area contributed by atoms with E-state index in [4.69, 9.17) is 17.3 Å². The number of hydrogen-bond acceptors (Lipinski definition) is 2. The van der Waals surface area contributed by atoms with Gasteiger partial charge in [-0.05, 0) is 30.3 Å². The molecule has 0 heterocycles. The molecule has 0 aliphatic heterocycles. The number of halogens is 4. The molecule has 0 radical (unpaired) electrons. The summed E-state index contributed by atoms with van der Waals surface area (Å²) in [6, 6.07) is 4.72. The van der Waals surface area contributed by atoms with Crippen LogP contribution in [0.1, 0.15) is 10.4 Å². The van der Waals surface area contributed by atoms with Gasteiger partial charge in [-0.1, -0.05) is 11.6 Å². The van der Waals surface area contributed by atoms with Crippen LogP contribution in [0.15, 0.2) is 30.3 Å². The van der Waals surface area contributed by atoms with E-state index >= 15 is 0 Å². The zero-order valence-electron chi connectivity index (χ0n) is 9.88. The smallest absolute Gasteiger partial charge is 0.258 e. The van der Waals surface area contributed by atoms with Crippen LogP contribution in [-0.4, -0.2) is 5.91 Å². The lowest BCUT2D eigenvalue weighted by molar-refractivity contribution is 0.102. The summed E-state index contributed by atoms with van der Waals surface area (Å²) in [7, 11) is 0. The van der Waals surface area contributed by atoms with E-state index in [1.54, 1.807) is 0 Å². The van der Waals surface area contributed by atoms with Crippen molar-refractivity contribution in [3.63, 3.8) is 0 Å². The molecular weight excluding hydrogens is 293 g/mol. The Labute approximate surface area is 117 Å². The van der Waals surface area contributed by atoms with Gasteiger partial charge in [0.25, 0.3) is 5.91 Å². The Morgan fingerprint density at radius 1 is 1.10 bits per heavy atom. The first-order valence-corrected chi connectivity index (χ1v) is 5.77. The summed E-state index contributed by atoms with van der Waals surface area (Å²) >= 11 is 5.72. The molecule has 0 bridgehead atoms. The van der Waals surface area contributed by atoms with Gasteiger partial charge in [0.1, 0.15) is 11.6 Å². The van der Waals surface area contributed by atoms with Gasteiger partial charge in [0, 0.05) is 0 Å². The molecule has 3 nitrogen and oxygen atoms in total. The molecule has 1 amide bonds. The highest BCUT2D eigenvalue weighted by Gasteiger charge is 2.17. The number of anilines is 2. The number of nitrogens with one attached hydrogen (secondary N) is 1. The predicted molar refractivity (Wildman–Crippen MR) is 70.1 cm³/mol. The van der Waals surface area contributed by atoms with Gasteiger partial charge in [-0.25, -0.2) is 13.2 Å². The van der Waals surface area contributed by atoms with Crippen LogP contribution in [0, 0.1) is 17.5 Å². The molecule has 0 atom stereocenters. The van der Waals surface area contributed by atoms with Crippen molar-refractivity contribution in [2.24, 2.45) is 0 Å². The van der Waals surface area contributed by atoms with Crippen molar-refractivity contribution in [2.45, 2.75) is 0 Å². The molecular formula is C13H8ClF3N2O. The number of carbonyl (C=O) groups excluding carboxylic acids is 1. The Hall–Kier alpha value is -2.21. The lowest BCUT2D eigenvalue weighted by Crippen LogP contribution is -2.15. The van der Waals surface area contributed by atoms with Crippen LogP contribution in [0.3, 0.4) is 0 Å². The molecule has 2 aromatic rings. The number of benzene rings is 2. The minimum atomic E-state index is -1.04. The van der Waals surface area contributed by atoms with Gasteiger partial charge in [-0.2, -0.15) is 0 Å². The second-order valence-corrected chi connectivity index (χ2v) is 4.34. The van der Waals surface area contributed by atoms with Crippen LogP contribution in [-0.2, 0) is 0 Å². The third kappa shape index (κ3) is 2.85. The standard InChI is InChI=1S/C13H8ClF3N2O/c14-9-4-6(15)1-2-11(9)19-13(20)8-3-7(16)5-10(18)12(8)17/h1-5H,18H2,(H,19,20). The number of carbonyl (C=O) groups is 1. The van der Waals surface area contributed by atoms with E-state index in [9.17, 15) is 18.0 Å². The summed E-state index contributed by atoms with van der Waals surface area (Å²) in [6.45, 7) is 0. The Balaban J connectivity index is 2.33. The molecule has 0 aromatic heterocycles. The maximum absolute atomic E-state index is 13.7. The molecule has 0 aliphatic rings. The first kappa shape index (κ1) is 14.2. The molecule has 0 unspecified atom stereocenters. The quantitative estimate of drug-likeness (QED) is 0.833. The van der Waals surface area contributed by atoms with Crippen molar-refractivity contribution in [3.05, 3.63) is 58.4 Å². The third-order valence-electron chi connectivity index (χ3n) is 2.49. The lowest BCUT2D eigenvalue weighted by atomic mass is 10.1. The van der Waals surface area contributed by atoms with Gasteiger partial charge in [0.05, 0.1) is 22.0 Å². The highest BCUT2D eigenvalue weighted by molar-refractivity contribution is 6.33. The normalized spacial score (nSPS) is 10.4. The molecule has 0 fully saturated rings. The van der Waals surface area contributed by atoms with Gasteiger partial charge >= 0.3 is 0 Å². The molecule has 2 rings (SSSR count).